The number of rotatable bonds is 12. The van der Waals surface area contributed by atoms with E-state index in [1.807, 2.05) is 6.92 Å². The molecule has 1 unspecified atom stereocenters. The SMILES string of the molecule is CCOC(=O)Cc1ccc(NC(=O)C(CCSCC)NS(=O)(=O)c2ccc(Cl)cc2)cc1. The Balaban J connectivity index is 2.09. The molecule has 0 aliphatic rings. The first-order valence-corrected chi connectivity index (χ1v) is 13.2. The average molecular weight is 499 g/mol. The second-order valence-corrected chi connectivity index (χ2v) is 10.3. The van der Waals surface area contributed by atoms with Gasteiger partial charge in [-0.15, -0.1) is 0 Å². The maximum Gasteiger partial charge on any atom is 0.310 e. The summed E-state index contributed by atoms with van der Waals surface area (Å²) in [5, 5.41) is 3.17. The maximum absolute atomic E-state index is 12.9. The Morgan fingerprint density at radius 2 is 1.72 bits per heavy atom. The Bertz CT molecular complexity index is 996. The zero-order valence-electron chi connectivity index (χ0n) is 18.0. The fraction of sp³-hybridized carbons (Fsp3) is 0.364. The normalized spacial score (nSPS) is 12.2. The highest BCUT2D eigenvalue weighted by Crippen LogP contribution is 2.17. The molecule has 0 aliphatic heterocycles. The van der Waals surface area contributed by atoms with Crippen LogP contribution in [0.1, 0.15) is 25.8 Å². The Hall–Kier alpha value is -2.07. The van der Waals surface area contributed by atoms with E-state index in [0.717, 1.165) is 11.3 Å². The van der Waals surface area contributed by atoms with Crippen molar-refractivity contribution in [3.63, 3.8) is 0 Å². The van der Waals surface area contributed by atoms with Gasteiger partial charge in [0.15, 0.2) is 0 Å². The predicted molar refractivity (Wildman–Crippen MR) is 129 cm³/mol. The lowest BCUT2D eigenvalue weighted by Gasteiger charge is -2.18. The van der Waals surface area contributed by atoms with E-state index in [2.05, 4.69) is 10.0 Å². The van der Waals surface area contributed by atoms with Crippen molar-refractivity contribution in [3.05, 3.63) is 59.1 Å². The van der Waals surface area contributed by atoms with E-state index < -0.39 is 22.0 Å². The summed E-state index contributed by atoms with van der Waals surface area (Å²) in [6, 6.07) is 11.6. The van der Waals surface area contributed by atoms with Crippen LogP contribution in [0.25, 0.3) is 0 Å². The van der Waals surface area contributed by atoms with E-state index in [4.69, 9.17) is 16.3 Å². The quantitative estimate of drug-likeness (QED) is 0.340. The first-order valence-electron chi connectivity index (χ1n) is 10.2. The van der Waals surface area contributed by atoms with E-state index >= 15 is 0 Å². The molecule has 0 spiro atoms. The van der Waals surface area contributed by atoms with Crippen LogP contribution in [-0.4, -0.2) is 44.4 Å². The third-order valence-electron chi connectivity index (χ3n) is 4.37. The van der Waals surface area contributed by atoms with Gasteiger partial charge < -0.3 is 10.1 Å². The standard InChI is InChI=1S/C22H27ClN2O5S2/c1-3-30-21(26)15-16-5-9-18(10-6-16)24-22(27)20(13-14-31-4-2)25-32(28,29)19-11-7-17(23)8-12-19/h5-12,20,25H,3-4,13-15H2,1-2H3,(H,24,27). The Kier molecular flexibility index (Phi) is 10.5. The van der Waals surface area contributed by atoms with Crippen molar-refractivity contribution < 1.29 is 22.7 Å². The minimum Gasteiger partial charge on any atom is -0.466 e. The lowest BCUT2D eigenvalue weighted by molar-refractivity contribution is -0.142. The fourth-order valence-corrected chi connectivity index (χ4v) is 4.82. The van der Waals surface area contributed by atoms with Crippen molar-refractivity contribution in [1.82, 2.24) is 4.72 Å². The summed E-state index contributed by atoms with van der Waals surface area (Å²) in [5.74, 6) is 0.697. The molecule has 2 aromatic rings. The van der Waals surface area contributed by atoms with Gasteiger partial charge in [-0.2, -0.15) is 16.5 Å². The van der Waals surface area contributed by atoms with Crippen molar-refractivity contribution in [2.24, 2.45) is 0 Å². The van der Waals surface area contributed by atoms with Crippen molar-refractivity contribution >= 4 is 50.9 Å². The van der Waals surface area contributed by atoms with Crippen LogP contribution in [0, 0.1) is 0 Å². The van der Waals surface area contributed by atoms with Crippen molar-refractivity contribution in [1.29, 1.82) is 0 Å². The highest BCUT2D eigenvalue weighted by atomic mass is 35.5. The van der Waals surface area contributed by atoms with Gasteiger partial charge in [-0.3, -0.25) is 9.59 Å². The van der Waals surface area contributed by atoms with Crippen molar-refractivity contribution in [3.8, 4) is 0 Å². The van der Waals surface area contributed by atoms with Crippen LogP contribution in [0.5, 0.6) is 0 Å². The summed E-state index contributed by atoms with van der Waals surface area (Å²) in [5.41, 5.74) is 1.25. The molecule has 0 saturated heterocycles. The largest absolute Gasteiger partial charge is 0.466 e. The van der Waals surface area contributed by atoms with Crippen molar-refractivity contribution in [2.45, 2.75) is 37.6 Å². The summed E-state index contributed by atoms with van der Waals surface area (Å²) in [4.78, 5) is 24.5. The smallest absolute Gasteiger partial charge is 0.310 e. The molecule has 1 amide bonds. The number of esters is 1. The Morgan fingerprint density at radius 1 is 1.06 bits per heavy atom. The number of carbonyl (C=O) groups excluding carboxylic acids is 2. The number of carbonyl (C=O) groups is 2. The number of sulfonamides is 1. The van der Waals surface area contributed by atoms with Crippen LogP contribution in [0.4, 0.5) is 5.69 Å². The number of halogens is 1. The summed E-state index contributed by atoms with van der Waals surface area (Å²) >= 11 is 7.46. The van der Waals surface area contributed by atoms with E-state index in [-0.39, 0.29) is 17.3 Å². The number of hydrogen-bond acceptors (Lipinski definition) is 6. The number of anilines is 1. The topological polar surface area (TPSA) is 102 Å². The van der Waals surface area contributed by atoms with Gasteiger partial charge in [0.25, 0.3) is 0 Å². The van der Waals surface area contributed by atoms with Gasteiger partial charge in [-0.25, -0.2) is 8.42 Å². The van der Waals surface area contributed by atoms with Crippen LogP contribution in [0.15, 0.2) is 53.4 Å². The molecule has 0 bridgehead atoms. The minimum absolute atomic E-state index is 0.0335. The monoisotopic (exact) mass is 498 g/mol. The Morgan fingerprint density at radius 3 is 2.31 bits per heavy atom. The lowest BCUT2D eigenvalue weighted by Crippen LogP contribution is -2.44. The average Bonchev–Trinajstić information content (AvgIpc) is 2.75. The molecule has 0 radical (unpaired) electrons. The van der Waals surface area contributed by atoms with Crippen LogP contribution < -0.4 is 10.0 Å². The number of benzene rings is 2. The summed E-state index contributed by atoms with van der Waals surface area (Å²) in [7, 11) is -3.91. The molecular weight excluding hydrogens is 472 g/mol. The van der Waals surface area contributed by atoms with Gasteiger partial charge in [0.1, 0.15) is 6.04 Å². The maximum atomic E-state index is 12.9. The highest BCUT2D eigenvalue weighted by molar-refractivity contribution is 7.99. The first-order chi connectivity index (χ1) is 15.2. The molecule has 32 heavy (non-hydrogen) atoms. The first kappa shape index (κ1) is 26.2. The van der Waals surface area contributed by atoms with Gasteiger partial charge in [0.2, 0.25) is 15.9 Å². The molecule has 0 aromatic heterocycles. The summed E-state index contributed by atoms with van der Waals surface area (Å²) in [6.07, 6.45) is 0.470. The van der Waals surface area contributed by atoms with Crippen LogP contribution in [-0.2, 0) is 30.8 Å². The zero-order chi connectivity index (χ0) is 23.6. The molecule has 0 aliphatic carbocycles. The van der Waals surface area contributed by atoms with Crippen LogP contribution >= 0.6 is 23.4 Å². The van der Waals surface area contributed by atoms with Gasteiger partial charge in [0, 0.05) is 10.7 Å². The molecular formula is C22H27ClN2O5S2. The van der Waals surface area contributed by atoms with Gasteiger partial charge >= 0.3 is 5.97 Å². The lowest BCUT2D eigenvalue weighted by atomic mass is 10.1. The van der Waals surface area contributed by atoms with Gasteiger partial charge in [0.05, 0.1) is 17.9 Å². The molecule has 0 fully saturated rings. The van der Waals surface area contributed by atoms with Gasteiger partial charge in [-0.05, 0) is 66.8 Å². The number of nitrogens with one attached hydrogen (secondary N) is 2. The molecule has 0 heterocycles. The zero-order valence-corrected chi connectivity index (χ0v) is 20.4. The highest BCUT2D eigenvalue weighted by Gasteiger charge is 2.25. The van der Waals surface area contributed by atoms with Crippen LogP contribution in [0.2, 0.25) is 5.02 Å². The van der Waals surface area contributed by atoms with Gasteiger partial charge in [-0.1, -0.05) is 30.7 Å². The van der Waals surface area contributed by atoms with E-state index in [1.54, 1.807) is 43.0 Å². The number of hydrogen-bond donors (Lipinski definition) is 2. The van der Waals surface area contributed by atoms with Crippen LogP contribution in [0.3, 0.4) is 0 Å². The second-order valence-electron chi connectivity index (χ2n) is 6.78. The van der Waals surface area contributed by atoms with Crippen molar-refractivity contribution in [2.75, 3.05) is 23.4 Å². The molecule has 1 atom stereocenters. The number of thioether (sulfide) groups is 1. The van der Waals surface area contributed by atoms with E-state index in [0.29, 0.717) is 29.5 Å². The minimum atomic E-state index is -3.91. The molecule has 2 aromatic carbocycles. The number of amides is 1. The molecule has 0 saturated carbocycles. The molecule has 2 N–H and O–H groups in total. The molecule has 174 valence electrons. The second kappa shape index (κ2) is 12.8. The summed E-state index contributed by atoms with van der Waals surface area (Å²) in [6.45, 7) is 4.05. The molecule has 7 nitrogen and oxygen atoms in total. The molecule has 2 rings (SSSR count). The van der Waals surface area contributed by atoms with E-state index in [9.17, 15) is 18.0 Å². The Labute approximate surface area is 198 Å². The third kappa shape index (κ3) is 8.46. The van der Waals surface area contributed by atoms with E-state index in [1.165, 1.54) is 24.3 Å². The predicted octanol–water partition coefficient (Wildman–Crippen LogP) is 3.87. The molecule has 10 heteroatoms. The number of ether oxygens (including phenoxy) is 1. The third-order valence-corrected chi connectivity index (χ3v) is 7.04. The summed E-state index contributed by atoms with van der Waals surface area (Å²) < 4.78 is 32.9. The fourth-order valence-electron chi connectivity index (χ4n) is 2.77.